The Balaban J connectivity index is 1.01. The van der Waals surface area contributed by atoms with E-state index in [0.29, 0.717) is 26.3 Å². The molecule has 6 rings (SSSR count). The van der Waals surface area contributed by atoms with Crippen LogP contribution in [0, 0.1) is 0 Å². The summed E-state index contributed by atoms with van der Waals surface area (Å²) in [6, 6.07) is 27.5. The zero-order chi connectivity index (χ0) is 28.7. The molecule has 0 aliphatic rings. The average molecular weight is 563 g/mol. The van der Waals surface area contributed by atoms with Crippen LogP contribution in [0.3, 0.4) is 0 Å². The fourth-order valence-corrected chi connectivity index (χ4v) is 4.50. The molecule has 0 N–H and O–H groups in total. The molecule has 212 valence electrons. The molecule has 6 aromatic rings. The smallest absolute Gasteiger partial charge is 0.120 e. The molecule has 10 nitrogen and oxygen atoms in total. The van der Waals surface area contributed by atoms with Crippen LogP contribution in [0.1, 0.15) is 0 Å². The first-order valence-electron chi connectivity index (χ1n) is 13.6. The highest BCUT2D eigenvalue weighted by Gasteiger charge is 2.07. The van der Waals surface area contributed by atoms with E-state index in [9.17, 15) is 0 Å². The van der Waals surface area contributed by atoms with Crippen LogP contribution in [0.2, 0.25) is 0 Å². The lowest BCUT2D eigenvalue weighted by Crippen LogP contribution is -2.09. The molecule has 0 saturated heterocycles. The number of aromatic nitrogens is 6. The van der Waals surface area contributed by atoms with Crippen molar-refractivity contribution < 1.29 is 18.9 Å². The minimum absolute atomic E-state index is 0.462. The van der Waals surface area contributed by atoms with Gasteiger partial charge in [0.25, 0.3) is 0 Å². The molecule has 0 fully saturated rings. The summed E-state index contributed by atoms with van der Waals surface area (Å²) in [6.07, 6.45) is 3.82. The van der Waals surface area contributed by atoms with Gasteiger partial charge in [-0.2, -0.15) is 0 Å². The van der Waals surface area contributed by atoms with Gasteiger partial charge in [0.05, 0.1) is 39.7 Å². The number of methoxy groups -OCH3 is 2. The molecule has 2 aromatic heterocycles. The first-order valence-corrected chi connectivity index (χ1v) is 13.6. The topological polar surface area (TPSA) is 98.3 Å². The van der Waals surface area contributed by atoms with E-state index in [1.165, 1.54) is 0 Å². The normalized spacial score (nSPS) is 11.0. The maximum Gasteiger partial charge on any atom is 0.120 e. The minimum Gasteiger partial charge on any atom is -0.497 e. The molecule has 0 amide bonds. The fraction of sp³-hybridized carbons (Fsp3) is 0.188. The van der Waals surface area contributed by atoms with E-state index in [-0.39, 0.29) is 0 Å². The van der Waals surface area contributed by atoms with Gasteiger partial charge in [0.15, 0.2) is 0 Å². The SMILES string of the molecule is COc1ccc(-c2cn(CCOc3ccc4ccc(OCCn5cc(-c6ccc(OC)cc6)nn5)cc4c3)nn2)cc1. The van der Waals surface area contributed by atoms with Crippen LogP contribution < -0.4 is 18.9 Å². The molecule has 2 heterocycles. The number of nitrogens with zero attached hydrogens (tertiary/aromatic N) is 6. The van der Waals surface area contributed by atoms with Crippen molar-refractivity contribution in [2.75, 3.05) is 27.4 Å². The second kappa shape index (κ2) is 12.4. The second-order valence-electron chi connectivity index (χ2n) is 9.56. The Morgan fingerprint density at radius 3 is 1.38 bits per heavy atom. The molecule has 0 bridgehead atoms. The molecule has 42 heavy (non-hydrogen) atoms. The molecule has 0 aliphatic carbocycles. The van der Waals surface area contributed by atoms with Gasteiger partial charge in [0, 0.05) is 11.1 Å². The molecule has 0 radical (unpaired) electrons. The van der Waals surface area contributed by atoms with Crippen LogP contribution in [0.15, 0.2) is 97.3 Å². The standard InChI is InChI=1S/C32H30N6O4/c1-39-27-9-5-24(6-10-27)31-21-37(35-33-31)15-17-41-29-13-3-23-4-14-30(20-26(23)19-29)42-18-16-38-22-32(34-36-38)25-7-11-28(40-2)12-8-25/h3-14,19-22H,15-18H2,1-2H3. The van der Waals surface area contributed by atoms with Crippen LogP contribution in [-0.2, 0) is 13.1 Å². The Morgan fingerprint density at radius 1 is 0.524 bits per heavy atom. The highest BCUT2D eigenvalue weighted by atomic mass is 16.5. The van der Waals surface area contributed by atoms with Crippen LogP contribution in [-0.4, -0.2) is 57.4 Å². The van der Waals surface area contributed by atoms with Crippen molar-refractivity contribution in [3.63, 3.8) is 0 Å². The summed E-state index contributed by atoms with van der Waals surface area (Å²) in [5, 5.41) is 19.1. The number of rotatable bonds is 12. The third-order valence-electron chi connectivity index (χ3n) is 6.81. The third kappa shape index (κ3) is 6.33. The van der Waals surface area contributed by atoms with Crippen molar-refractivity contribution in [3.8, 4) is 45.5 Å². The van der Waals surface area contributed by atoms with Crippen molar-refractivity contribution in [1.82, 2.24) is 30.0 Å². The zero-order valence-electron chi connectivity index (χ0n) is 23.4. The summed E-state index contributed by atoms with van der Waals surface area (Å²) >= 11 is 0. The fourth-order valence-electron chi connectivity index (χ4n) is 4.50. The highest BCUT2D eigenvalue weighted by Crippen LogP contribution is 2.26. The van der Waals surface area contributed by atoms with Crippen molar-refractivity contribution in [2.45, 2.75) is 13.1 Å². The largest absolute Gasteiger partial charge is 0.497 e. The van der Waals surface area contributed by atoms with Crippen LogP contribution in [0.4, 0.5) is 0 Å². The maximum absolute atomic E-state index is 6.02. The molecule has 0 atom stereocenters. The van der Waals surface area contributed by atoms with Gasteiger partial charge < -0.3 is 18.9 Å². The van der Waals surface area contributed by atoms with E-state index in [4.69, 9.17) is 18.9 Å². The summed E-state index contributed by atoms with van der Waals surface area (Å²) in [5.74, 6) is 3.17. The van der Waals surface area contributed by atoms with Crippen molar-refractivity contribution >= 4 is 10.8 Å². The van der Waals surface area contributed by atoms with E-state index >= 15 is 0 Å². The summed E-state index contributed by atoms with van der Waals surface area (Å²) in [5.41, 5.74) is 3.57. The predicted molar refractivity (Wildman–Crippen MR) is 159 cm³/mol. The van der Waals surface area contributed by atoms with E-state index in [1.54, 1.807) is 23.6 Å². The Labute approximate surface area is 243 Å². The molecule has 0 aliphatic heterocycles. The summed E-state index contributed by atoms with van der Waals surface area (Å²) in [7, 11) is 3.30. The minimum atomic E-state index is 0.462. The first kappa shape index (κ1) is 26.8. The highest BCUT2D eigenvalue weighted by molar-refractivity contribution is 5.85. The van der Waals surface area contributed by atoms with Gasteiger partial charge in [-0.15, -0.1) is 10.2 Å². The quantitative estimate of drug-likeness (QED) is 0.192. The van der Waals surface area contributed by atoms with Gasteiger partial charge in [-0.3, -0.25) is 0 Å². The van der Waals surface area contributed by atoms with E-state index in [1.807, 2.05) is 97.3 Å². The molecular weight excluding hydrogens is 532 g/mol. The van der Waals surface area contributed by atoms with Crippen molar-refractivity contribution in [1.29, 1.82) is 0 Å². The van der Waals surface area contributed by atoms with Gasteiger partial charge in [-0.25, -0.2) is 9.36 Å². The predicted octanol–water partition coefficient (Wildman–Crippen LogP) is 5.53. The molecule has 0 unspecified atom stereocenters. The summed E-state index contributed by atoms with van der Waals surface area (Å²) in [4.78, 5) is 0. The average Bonchev–Trinajstić information content (AvgIpc) is 3.71. The van der Waals surface area contributed by atoms with Gasteiger partial charge in [0.2, 0.25) is 0 Å². The number of benzene rings is 4. The second-order valence-corrected chi connectivity index (χ2v) is 9.56. The molecule has 10 heteroatoms. The number of hydrogen-bond acceptors (Lipinski definition) is 8. The van der Waals surface area contributed by atoms with E-state index in [2.05, 4.69) is 20.6 Å². The lowest BCUT2D eigenvalue weighted by Gasteiger charge is -2.10. The number of ether oxygens (including phenoxy) is 4. The Bertz CT molecular complexity index is 1640. The summed E-state index contributed by atoms with van der Waals surface area (Å²) in [6.45, 7) is 2.08. The molecule has 0 saturated carbocycles. The maximum atomic E-state index is 6.02. The van der Waals surface area contributed by atoms with E-state index in [0.717, 1.165) is 56.3 Å². The van der Waals surface area contributed by atoms with Crippen LogP contribution in [0.5, 0.6) is 23.0 Å². The Kier molecular flexibility index (Phi) is 7.93. The van der Waals surface area contributed by atoms with Gasteiger partial charge in [-0.1, -0.05) is 22.6 Å². The number of fused-ring (bicyclic) bond motifs is 1. The lowest BCUT2D eigenvalue weighted by molar-refractivity contribution is 0.289. The number of hydrogen-bond donors (Lipinski definition) is 0. The Morgan fingerprint density at radius 2 is 0.952 bits per heavy atom. The lowest BCUT2D eigenvalue weighted by atomic mass is 10.1. The van der Waals surface area contributed by atoms with Gasteiger partial charge >= 0.3 is 0 Å². The van der Waals surface area contributed by atoms with Crippen molar-refractivity contribution in [3.05, 3.63) is 97.3 Å². The van der Waals surface area contributed by atoms with Crippen LogP contribution >= 0.6 is 0 Å². The third-order valence-corrected chi connectivity index (χ3v) is 6.81. The molecular formula is C32H30N6O4. The van der Waals surface area contributed by atoms with Gasteiger partial charge in [-0.05, 0) is 83.6 Å². The monoisotopic (exact) mass is 562 g/mol. The van der Waals surface area contributed by atoms with Gasteiger partial charge in [0.1, 0.15) is 47.6 Å². The zero-order valence-corrected chi connectivity index (χ0v) is 23.4. The molecule has 0 spiro atoms. The summed E-state index contributed by atoms with van der Waals surface area (Å²) < 4.78 is 26.0. The van der Waals surface area contributed by atoms with E-state index < -0.39 is 0 Å². The molecule has 4 aromatic carbocycles. The Hall–Kier alpha value is -5.38. The first-order chi connectivity index (χ1) is 20.7. The van der Waals surface area contributed by atoms with Crippen molar-refractivity contribution in [2.24, 2.45) is 0 Å². The van der Waals surface area contributed by atoms with Crippen LogP contribution in [0.25, 0.3) is 33.3 Å².